The predicted molar refractivity (Wildman–Crippen MR) is 122 cm³/mol. The van der Waals surface area contributed by atoms with Crippen LogP contribution >= 0.6 is 34.9 Å². The van der Waals surface area contributed by atoms with Crippen molar-refractivity contribution >= 4 is 61.8 Å². The van der Waals surface area contributed by atoms with Crippen molar-refractivity contribution in [3.8, 4) is 0 Å². The van der Waals surface area contributed by atoms with Gasteiger partial charge < -0.3 is 0 Å². The van der Waals surface area contributed by atoms with E-state index in [1.807, 2.05) is 35.8 Å². The molecule has 1 N–H and O–H groups in total. The zero-order chi connectivity index (χ0) is 18.9. The first-order valence-corrected chi connectivity index (χ1v) is 12.3. The molecule has 28 heavy (non-hydrogen) atoms. The third-order valence-electron chi connectivity index (χ3n) is 4.90. The Hall–Kier alpha value is -1.90. The van der Waals surface area contributed by atoms with Crippen LogP contribution in [0.4, 0.5) is 5.82 Å². The van der Waals surface area contributed by atoms with Gasteiger partial charge >= 0.3 is 0 Å². The maximum atomic E-state index is 4.87. The van der Waals surface area contributed by atoms with Crippen LogP contribution in [0.2, 0.25) is 0 Å². The van der Waals surface area contributed by atoms with Crippen molar-refractivity contribution in [1.82, 2.24) is 15.4 Å². The monoisotopic (exact) mass is 425 g/mol. The summed E-state index contributed by atoms with van der Waals surface area (Å²) in [4.78, 5) is 16.9. The Balaban J connectivity index is 1.53. The molecule has 1 aliphatic carbocycles. The summed E-state index contributed by atoms with van der Waals surface area (Å²) < 4.78 is 0. The van der Waals surface area contributed by atoms with Crippen molar-refractivity contribution in [2.75, 3.05) is 12.0 Å². The molecule has 0 unspecified atom stereocenters. The van der Waals surface area contributed by atoms with E-state index in [9.17, 15) is 0 Å². The summed E-state index contributed by atoms with van der Waals surface area (Å²) in [5.41, 5.74) is 6.72. The molecule has 3 heterocycles. The molecule has 0 saturated heterocycles. The lowest BCUT2D eigenvalue weighted by Crippen LogP contribution is -2.25. The number of amidine groups is 1. The minimum absolute atomic E-state index is 0.778. The predicted octanol–water partition coefficient (Wildman–Crippen LogP) is 5.02. The van der Waals surface area contributed by atoms with E-state index in [0.717, 1.165) is 56.2 Å². The maximum Gasteiger partial charge on any atom is 0.190 e. The lowest BCUT2D eigenvalue weighted by atomic mass is 9.97. The molecule has 0 spiro atoms. The van der Waals surface area contributed by atoms with Crippen LogP contribution in [-0.4, -0.2) is 32.9 Å². The van der Waals surface area contributed by atoms with Gasteiger partial charge in [-0.1, -0.05) is 53.9 Å². The van der Waals surface area contributed by atoms with Gasteiger partial charge in [0.1, 0.15) is 4.83 Å². The summed E-state index contributed by atoms with van der Waals surface area (Å²) in [6.45, 7) is 0. The van der Waals surface area contributed by atoms with Crippen LogP contribution < -0.4 is 5.43 Å². The van der Waals surface area contributed by atoms with E-state index < -0.39 is 0 Å². The Morgan fingerprint density at radius 3 is 2.75 bits per heavy atom. The lowest BCUT2D eigenvalue weighted by Gasteiger charge is -2.15. The molecular formula is C20H19N5S3. The van der Waals surface area contributed by atoms with Crippen LogP contribution in [0.5, 0.6) is 0 Å². The molecule has 5 nitrogen and oxygen atoms in total. The van der Waals surface area contributed by atoms with E-state index in [1.165, 1.54) is 23.3 Å². The lowest BCUT2D eigenvalue weighted by molar-refractivity contribution is 0.700. The van der Waals surface area contributed by atoms with Gasteiger partial charge in [-0.2, -0.15) is 5.10 Å². The number of thioether (sulfide) groups is 2. The van der Waals surface area contributed by atoms with Crippen LogP contribution in [0.3, 0.4) is 0 Å². The molecule has 2 aliphatic rings. The third kappa shape index (κ3) is 3.44. The van der Waals surface area contributed by atoms with Gasteiger partial charge in [0.05, 0.1) is 11.1 Å². The highest BCUT2D eigenvalue weighted by atomic mass is 32.2. The maximum absolute atomic E-state index is 4.87. The van der Waals surface area contributed by atoms with E-state index in [2.05, 4.69) is 22.7 Å². The number of thiophene rings is 1. The Morgan fingerprint density at radius 1 is 1.11 bits per heavy atom. The van der Waals surface area contributed by atoms with Gasteiger partial charge in [-0.05, 0) is 43.1 Å². The van der Waals surface area contributed by atoms with Gasteiger partial charge in [-0.15, -0.1) is 11.3 Å². The normalized spacial score (nSPS) is 18.0. The molecule has 1 aromatic carbocycles. The summed E-state index contributed by atoms with van der Waals surface area (Å²) in [6, 6.07) is 10.3. The highest BCUT2D eigenvalue weighted by Gasteiger charge is 2.22. The molecule has 0 saturated carbocycles. The number of nitrogens with one attached hydrogen (secondary N) is 1. The highest BCUT2D eigenvalue weighted by Crippen LogP contribution is 2.40. The van der Waals surface area contributed by atoms with E-state index >= 15 is 0 Å². The molecule has 8 heteroatoms. The fraction of sp³-hybridized carbons (Fsp3) is 0.300. The van der Waals surface area contributed by atoms with Gasteiger partial charge in [0.15, 0.2) is 16.1 Å². The number of hydrazone groups is 1. The molecule has 0 radical (unpaired) electrons. The van der Waals surface area contributed by atoms with Gasteiger partial charge in [0.2, 0.25) is 0 Å². The zero-order valence-electron chi connectivity index (χ0n) is 15.4. The number of benzene rings is 1. The molecule has 0 atom stereocenters. The number of hydrogen-bond donors (Lipinski definition) is 1. The van der Waals surface area contributed by atoms with Crippen LogP contribution in [0, 0.1) is 0 Å². The van der Waals surface area contributed by atoms with Gasteiger partial charge in [-0.25, -0.2) is 15.0 Å². The summed E-state index contributed by atoms with van der Waals surface area (Å²) in [6.07, 6.45) is 6.76. The first kappa shape index (κ1) is 18.1. The van der Waals surface area contributed by atoms with Crippen molar-refractivity contribution in [2.45, 2.75) is 30.8 Å². The Bertz CT molecular complexity index is 1090. The Morgan fingerprint density at radius 2 is 1.96 bits per heavy atom. The average molecular weight is 426 g/mol. The molecule has 0 amide bonds. The van der Waals surface area contributed by atoms with Crippen molar-refractivity contribution < 1.29 is 0 Å². The van der Waals surface area contributed by atoms with E-state index in [-0.39, 0.29) is 0 Å². The molecule has 0 bridgehead atoms. The van der Waals surface area contributed by atoms with Crippen LogP contribution in [-0.2, 0) is 12.8 Å². The van der Waals surface area contributed by atoms with Crippen LogP contribution in [0.15, 0.2) is 45.6 Å². The number of aliphatic imine (C=N–C) groups is 1. The number of aromatic nitrogens is 2. The van der Waals surface area contributed by atoms with Crippen molar-refractivity contribution in [3.05, 3.63) is 46.3 Å². The van der Waals surface area contributed by atoms with E-state index in [4.69, 9.17) is 15.0 Å². The second-order valence-corrected chi connectivity index (χ2v) is 9.49. The largest absolute Gasteiger partial charge is 0.255 e. The Labute approximate surface area is 176 Å². The molecular weight excluding hydrogens is 406 g/mol. The molecule has 5 rings (SSSR count). The molecule has 1 aliphatic heterocycles. The minimum atomic E-state index is 0.778. The molecule has 0 fully saturated rings. The van der Waals surface area contributed by atoms with E-state index in [1.54, 1.807) is 23.5 Å². The fourth-order valence-electron chi connectivity index (χ4n) is 3.54. The topological polar surface area (TPSA) is 62.5 Å². The summed E-state index contributed by atoms with van der Waals surface area (Å²) >= 11 is 5.05. The molecule has 142 valence electrons. The first-order valence-electron chi connectivity index (χ1n) is 9.27. The molecule has 3 aromatic rings. The van der Waals surface area contributed by atoms with Gasteiger partial charge in [-0.3, -0.25) is 5.43 Å². The first-order chi connectivity index (χ1) is 13.8. The third-order valence-corrected chi connectivity index (χ3v) is 7.51. The molecule has 2 aromatic heterocycles. The van der Waals surface area contributed by atoms with E-state index in [0.29, 0.717) is 0 Å². The SMILES string of the molecule is CSc1nc(/N=C2/NN=C(c3ccccc3)CS2)c2c3c(sc2n1)CCCC3. The van der Waals surface area contributed by atoms with Crippen LogP contribution in [0.25, 0.3) is 10.2 Å². The van der Waals surface area contributed by atoms with Crippen molar-refractivity contribution in [2.24, 2.45) is 10.1 Å². The Kier molecular flexibility index (Phi) is 5.09. The zero-order valence-corrected chi connectivity index (χ0v) is 17.9. The summed E-state index contributed by atoms with van der Waals surface area (Å²) in [7, 11) is 0. The fourth-order valence-corrected chi connectivity index (χ4v) is 5.98. The van der Waals surface area contributed by atoms with Crippen molar-refractivity contribution in [3.63, 3.8) is 0 Å². The highest BCUT2D eigenvalue weighted by molar-refractivity contribution is 8.14. The number of nitrogens with zero attached hydrogens (tertiary/aromatic N) is 4. The van der Waals surface area contributed by atoms with Gasteiger partial charge in [0, 0.05) is 10.6 Å². The van der Waals surface area contributed by atoms with Crippen LogP contribution in [0.1, 0.15) is 28.8 Å². The quantitative estimate of drug-likeness (QED) is 0.471. The summed E-state index contributed by atoms with van der Waals surface area (Å²) in [5.74, 6) is 1.57. The smallest absolute Gasteiger partial charge is 0.190 e. The average Bonchev–Trinajstić information content (AvgIpc) is 3.13. The number of rotatable bonds is 3. The summed E-state index contributed by atoms with van der Waals surface area (Å²) in [5, 5.41) is 7.26. The second-order valence-electron chi connectivity index (χ2n) is 6.67. The van der Waals surface area contributed by atoms with Gasteiger partial charge in [0.25, 0.3) is 0 Å². The second kappa shape index (κ2) is 7.85. The van der Waals surface area contributed by atoms with Crippen molar-refractivity contribution in [1.29, 1.82) is 0 Å². The number of hydrogen-bond acceptors (Lipinski definition) is 7. The number of aryl methyl sites for hydroxylation is 2. The minimum Gasteiger partial charge on any atom is -0.255 e. The standard InChI is InChI=1S/C20H19N5S3/c1-26-19-21-17(16-13-9-5-6-10-15(13)28-18(16)23-19)22-20-25-24-14(11-27-20)12-7-3-2-4-8-12/h2-4,7-8H,5-6,9-11H2,1H3,(H,21,22,23,25). The number of fused-ring (bicyclic) bond motifs is 3.